The third-order valence-electron chi connectivity index (χ3n) is 10.9. The SMILES string of the molecule is COc1c(C)cc2c(c1O)[C@@H]1C3[C@@H]4SC[C@H](NC(=O)OCc5ccccc5)C(=O)OC[C@@H](c5c6c(c(C)c(O)c54)OCO6)N3[C@@H](C#N)[C@H](C2)N1C.[Ac]. The Bertz CT molecular complexity index is 1980. The number of nitriles is 1. The van der Waals surface area contributed by atoms with E-state index in [1.165, 1.54) is 18.9 Å². The van der Waals surface area contributed by atoms with Crippen LogP contribution in [-0.2, 0) is 27.3 Å². The largest absolute Gasteiger partial charge is 0.507 e. The Morgan fingerprint density at radius 3 is 2.58 bits per heavy atom. The number of amides is 1. The first-order valence-electron chi connectivity index (χ1n) is 16.8. The van der Waals surface area contributed by atoms with Crippen molar-refractivity contribution in [3.05, 3.63) is 75.3 Å². The van der Waals surface area contributed by atoms with Crippen molar-refractivity contribution in [2.45, 2.75) is 68.4 Å². The maximum atomic E-state index is 13.7. The van der Waals surface area contributed by atoms with Crippen molar-refractivity contribution >= 4 is 23.8 Å². The van der Waals surface area contributed by atoms with Crippen LogP contribution in [0.5, 0.6) is 28.7 Å². The third-order valence-corrected chi connectivity index (χ3v) is 12.3. The van der Waals surface area contributed by atoms with E-state index in [0.29, 0.717) is 45.9 Å². The summed E-state index contributed by atoms with van der Waals surface area (Å²) >= 11 is 1.36. The Hall–Kier alpha value is -3.40. The summed E-state index contributed by atoms with van der Waals surface area (Å²) in [5.41, 5.74) is 4.91. The molecular formula is C37H38AcN4O9S. The summed E-state index contributed by atoms with van der Waals surface area (Å²) in [7, 11) is 3.48. The Balaban J connectivity index is 0.00000420. The zero-order valence-corrected chi connectivity index (χ0v) is 34.7. The number of nitrogens with zero attached hydrogens (tertiary/aromatic N) is 3. The molecule has 13 nitrogen and oxygen atoms in total. The predicted molar refractivity (Wildman–Crippen MR) is 184 cm³/mol. The summed E-state index contributed by atoms with van der Waals surface area (Å²) in [5.74, 6) is 0.700. The average molecular weight is 942 g/mol. The molecule has 52 heavy (non-hydrogen) atoms. The molecule has 269 valence electrons. The third kappa shape index (κ3) is 5.77. The van der Waals surface area contributed by atoms with Crippen molar-refractivity contribution in [3.63, 3.8) is 0 Å². The second-order valence-corrected chi connectivity index (χ2v) is 14.7. The molecule has 2 fully saturated rings. The van der Waals surface area contributed by atoms with Gasteiger partial charge in [0.05, 0.1) is 30.5 Å². The number of rotatable bonds is 4. The second kappa shape index (κ2) is 14.4. The van der Waals surface area contributed by atoms with E-state index in [1.807, 2.05) is 50.4 Å². The number of carbonyl (C=O) groups excluding carboxylic acids is 2. The molecule has 6 heterocycles. The number of esters is 1. The summed E-state index contributed by atoms with van der Waals surface area (Å²) in [6.45, 7) is 3.42. The number of piperazine rings is 1. The summed E-state index contributed by atoms with van der Waals surface area (Å²) in [5, 5.41) is 36.9. The number of hydrogen-bond donors (Lipinski definition) is 3. The summed E-state index contributed by atoms with van der Waals surface area (Å²) in [6.07, 6.45) is -0.279. The number of fused-ring (bicyclic) bond motifs is 10. The summed E-state index contributed by atoms with van der Waals surface area (Å²) in [6, 6.07) is 10.1. The molecule has 0 aromatic heterocycles. The van der Waals surface area contributed by atoms with Crippen molar-refractivity contribution in [3.8, 4) is 34.8 Å². The second-order valence-electron chi connectivity index (χ2n) is 13.6. The van der Waals surface area contributed by atoms with Crippen molar-refractivity contribution in [2.24, 2.45) is 0 Å². The maximum Gasteiger partial charge on any atom is 0.408 e. The average Bonchev–Trinajstić information content (AvgIpc) is 3.61. The fourth-order valence-electron chi connectivity index (χ4n) is 8.71. The van der Waals surface area contributed by atoms with E-state index in [0.717, 1.165) is 16.7 Å². The Morgan fingerprint density at radius 2 is 1.85 bits per heavy atom. The molecule has 2 saturated heterocycles. The van der Waals surface area contributed by atoms with Crippen molar-refractivity contribution in [1.82, 2.24) is 15.1 Å². The molecule has 1 amide bonds. The smallest absolute Gasteiger partial charge is 0.408 e. The van der Waals surface area contributed by atoms with Gasteiger partial charge in [-0.25, -0.2) is 9.59 Å². The number of alkyl carbamates (subject to hydrolysis) is 1. The first-order valence-corrected chi connectivity index (χ1v) is 17.9. The van der Waals surface area contributed by atoms with E-state index in [2.05, 4.69) is 21.2 Å². The van der Waals surface area contributed by atoms with Crippen LogP contribution >= 0.6 is 11.8 Å². The van der Waals surface area contributed by atoms with E-state index < -0.39 is 47.5 Å². The van der Waals surface area contributed by atoms with Gasteiger partial charge in [0, 0.05) is 84.2 Å². The molecule has 1 radical (unpaired) electrons. The number of carbonyl (C=O) groups is 2. The van der Waals surface area contributed by atoms with Crippen molar-refractivity contribution in [2.75, 3.05) is 33.3 Å². The molecule has 9 rings (SSSR count). The van der Waals surface area contributed by atoms with Crippen LogP contribution in [0, 0.1) is 69.2 Å². The Labute approximate surface area is 341 Å². The van der Waals surface area contributed by atoms with Crippen molar-refractivity contribution < 1.29 is 87.5 Å². The van der Waals surface area contributed by atoms with E-state index in [1.54, 1.807) is 6.92 Å². The molecular weight excluding hydrogens is 903 g/mol. The van der Waals surface area contributed by atoms with Crippen LogP contribution in [0.2, 0.25) is 0 Å². The van der Waals surface area contributed by atoms with Crippen molar-refractivity contribution in [1.29, 1.82) is 5.26 Å². The van der Waals surface area contributed by atoms with Gasteiger partial charge in [-0.15, -0.1) is 11.8 Å². The number of aromatic hydroxyl groups is 2. The Morgan fingerprint density at radius 1 is 1.10 bits per heavy atom. The van der Waals surface area contributed by atoms with Gasteiger partial charge in [0.15, 0.2) is 23.0 Å². The van der Waals surface area contributed by atoms with Gasteiger partial charge in [0.25, 0.3) is 0 Å². The number of ether oxygens (including phenoxy) is 5. The van der Waals surface area contributed by atoms with Crippen LogP contribution in [0.15, 0.2) is 36.4 Å². The van der Waals surface area contributed by atoms with Crippen LogP contribution < -0.4 is 19.5 Å². The van der Waals surface area contributed by atoms with Crippen LogP contribution in [0.25, 0.3) is 0 Å². The first-order chi connectivity index (χ1) is 24.6. The minimum atomic E-state index is -1.08. The number of methoxy groups -OCH3 is 1. The van der Waals surface area contributed by atoms with Gasteiger partial charge in [0.1, 0.15) is 31.0 Å². The summed E-state index contributed by atoms with van der Waals surface area (Å²) < 4.78 is 29.0. The quantitative estimate of drug-likeness (QED) is 0.318. The molecule has 6 aliphatic heterocycles. The molecule has 4 bridgehead atoms. The molecule has 15 heteroatoms. The molecule has 3 aromatic carbocycles. The molecule has 3 aromatic rings. The number of thioether (sulfide) groups is 1. The van der Waals surface area contributed by atoms with Gasteiger partial charge in [-0.3, -0.25) is 9.80 Å². The van der Waals surface area contributed by atoms with Gasteiger partial charge in [-0.05, 0) is 44.0 Å². The standard InChI is InChI=1S/C37H38N4O9S.Ac/c1-17-10-20-11-22-23(12-38)41-24-14-47-36(44)21(39-37(45)48-13-19-8-6-5-7-9-19)15-51-35(27-26(24)34-33(49-16-50-34)18(2)30(27)42)29(41)28(40(22)3)25(20)31(43)32(17)46-4;/h5-10,21-24,28-29,35,42-43H,11,13-16H2,1-4H3,(H,39,45);/t21-,22-,23-,24-,28+,29?,35+;/m0./s1. The molecule has 3 N–H and O–H groups in total. The monoisotopic (exact) mass is 941 g/mol. The van der Waals surface area contributed by atoms with Crippen LogP contribution in [0.1, 0.15) is 56.3 Å². The zero-order chi connectivity index (χ0) is 35.7. The van der Waals surface area contributed by atoms with E-state index in [9.17, 15) is 25.1 Å². The molecule has 6 aliphatic rings. The molecule has 0 aliphatic carbocycles. The number of likely N-dealkylation sites (N-methyl/N-ethyl adjacent to an activating group) is 1. The van der Waals surface area contributed by atoms with Crippen LogP contribution in [-0.4, -0.2) is 89.6 Å². The number of phenols is 2. The zero-order valence-electron chi connectivity index (χ0n) is 29.1. The Kier molecular flexibility index (Phi) is 10.3. The van der Waals surface area contributed by atoms with Crippen LogP contribution in [0.4, 0.5) is 4.79 Å². The van der Waals surface area contributed by atoms with E-state index in [4.69, 9.17) is 23.7 Å². The number of nitrogens with one attached hydrogen (secondary N) is 1. The number of phenolic OH excluding ortho intramolecular Hbond substituents is 2. The van der Waals surface area contributed by atoms with E-state index in [-0.39, 0.29) is 87.4 Å². The minimum Gasteiger partial charge on any atom is -0.507 e. The number of hydrogen-bond acceptors (Lipinski definition) is 13. The van der Waals surface area contributed by atoms with E-state index >= 15 is 0 Å². The molecule has 0 spiro atoms. The van der Waals surface area contributed by atoms with Gasteiger partial charge >= 0.3 is 12.1 Å². The minimum absolute atomic E-state index is 0. The topological polar surface area (TPSA) is 163 Å². The molecule has 1 unspecified atom stereocenters. The number of aryl methyl sites for hydroxylation is 1. The molecule has 0 saturated carbocycles. The van der Waals surface area contributed by atoms with Gasteiger partial charge in [-0.2, -0.15) is 5.26 Å². The van der Waals surface area contributed by atoms with Crippen LogP contribution in [0.3, 0.4) is 0 Å². The van der Waals surface area contributed by atoms with Gasteiger partial charge < -0.3 is 39.2 Å². The first kappa shape index (κ1) is 36.9. The fraction of sp³-hybridized carbons (Fsp3) is 0.432. The maximum absolute atomic E-state index is 13.7. The fourth-order valence-corrected chi connectivity index (χ4v) is 10.2. The molecule has 7 atom stereocenters. The number of benzene rings is 3. The summed E-state index contributed by atoms with van der Waals surface area (Å²) in [4.78, 5) is 31.0. The predicted octanol–water partition coefficient (Wildman–Crippen LogP) is 4.31. The normalized spacial score (nSPS) is 27.1. The van der Waals surface area contributed by atoms with Gasteiger partial charge in [0.2, 0.25) is 6.79 Å². The van der Waals surface area contributed by atoms with Gasteiger partial charge in [-0.1, -0.05) is 36.4 Å².